The van der Waals surface area contributed by atoms with Crippen LogP contribution in [0.1, 0.15) is 39.7 Å². The lowest BCUT2D eigenvalue weighted by atomic mass is 10.00. The normalized spacial score (nSPS) is 17.6. The Hall–Kier alpha value is -3.22. The number of hydrogen-bond donors (Lipinski definition) is 0. The van der Waals surface area contributed by atoms with Crippen LogP contribution in [0.25, 0.3) is 0 Å². The predicted molar refractivity (Wildman–Crippen MR) is 168 cm³/mol. The van der Waals surface area contributed by atoms with E-state index in [-0.39, 0.29) is 36.6 Å². The monoisotopic (exact) mass is 624 g/mol. The van der Waals surface area contributed by atoms with E-state index in [0.717, 1.165) is 55.2 Å². The minimum Gasteiger partial charge on any atom is -0.496 e. The Morgan fingerprint density at radius 1 is 1.00 bits per heavy atom. The minimum atomic E-state index is -3.76. The largest absolute Gasteiger partial charge is 0.496 e. The number of rotatable bonds is 11. The van der Waals surface area contributed by atoms with Crippen LogP contribution in [0.4, 0.5) is 0 Å². The number of carbonyl (C=O) groups is 1. The number of amides is 1. The van der Waals surface area contributed by atoms with Gasteiger partial charge in [-0.25, -0.2) is 8.42 Å². The number of ether oxygens (including phenoxy) is 3. The van der Waals surface area contributed by atoms with E-state index in [2.05, 4.69) is 33.7 Å². The molecule has 3 heterocycles. The summed E-state index contributed by atoms with van der Waals surface area (Å²) in [6.45, 7) is 11.0. The quantitative estimate of drug-likeness (QED) is 0.302. The molecule has 0 N–H and O–H groups in total. The highest BCUT2D eigenvalue weighted by atomic mass is 32.2. The molecule has 5 rings (SSSR count). The molecule has 10 nitrogen and oxygen atoms in total. The van der Waals surface area contributed by atoms with Crippen molar-refractivity contribution in [3.63, 3.8) is 0 Å². The van der Waals surface area contributed by atoms with Gasteiger partial charge in [-0.15, -0.1) is 0 Å². The zero-order chi connectivity index (χ0) is 31.4. The Balaban J connectivity index is 1.24. The number of nitrogens with zero attached hydrogens (tertiary/aromatic N) is 4. The molecule has 1 unspecified atom stereocenters. The SMILES string of the molecule is COc1c(C)cc(S(=O)(=O)N(C)CCOCC(=O)N2CCn3c(CN4CCOCC4)ccc3C2c2ccccc2)c(C)c1C. The summed E-state index contributed by atoms with van der Waals surface area (Å²) in [7, 11) is -0.639. The molecule has 0 radical (unpaired) electrons. The number of likely N-dealkylation sites (N-methyl/N-ethyl adjacent to an activating group) is 1. The summed E-state index contributed by atoms with van der Waals surface area (Å²) < 4.78 is 47.2. The molecule has 0 bridgehead atoms. The summed E-state index contributed by atoms with van der Waals surface area (Å²) in [5.41, 5.74) is 5.60. The molecule has 1 saturated heterocycles. The lowest BCUT2D eigenvalue weighted by molar-refractivity contribution is -0.139. The van der Waals surface area contributed by atoms with E-state index in [1.54, 1.807) is 20.1 Å². The van der Waals surface area contributed by atoms with Crippen molar-refractivity contribution >= 4 is 15.9 Å². The van der Waals surface area contributed by atoms with Crippen molar-refractivity contribution in [3.05, 3.63) is 82.2 Å². The minimum absolute atomic E-state index is 0.0958. The fourth-order valence-electron chi connectivity index (χ4n) is 6.24. The smallest absolute Gasteiger partial charge is 0.249 e. The van der Waals surface area contributed by atoms with E-state index in [9.17, 15) is 13.2 Å². The number of carbonyl (C=O) groups excluding carboxylic acids is 1. The maximum absolute atomic E-state index is 13.6. The lowest BCUT2D eigenvalue weighted by Gasteiger charge is -2.38. The summed E-state index contributed by atoms with van der Waals surface area (Å²) in [5.74, 6) is 0.571. The number of benzene rings is 2. The number of aromatic nitrogens is 1. The molecule has 1 fully saturated rings. The first-order chi connectivity index (χ1) is 21.1. The van der Waals surface area contributed by atoms with Gasteiger partial charge in [0.15, 0.2) is 0 Å². The summed E-state index contributed by atoms with van der Waals surface area (Å²) in [6.07, 6.45) is 0. The fraction of sp³-hybridized carbons (Fsp3) is 0.485. The molecule has 1 aromatic heterocycles. The van der Waals surface area contributed by atoms with E-state index >= 15 is 0 Å². The number of hydrogen-bond acceptors (Lipinski definition) is 7. The van der Waals surface area contributed by atoms with Crippen molar-refractivity contribution in [3.8, 4) is 5.75 Å². The van der Waals surface area contributed by atoms with E-state index in [4.69, 9.17) is 14.2 Å². The van der Waals surface area contributed by atoms with Crippen LogP contribution in [0.3, 0.4) is 0 Å². The van der Waals surface area contributed by atoms with Crippen LogP contribution in [0.2, 0.25) is 0 Å². The van der Waals surface area contributed by atoms with Gasteiger partial charge in [0, 0.05) is 57.7 Å². The van der Waals surface area contributed by atoms with Gasteiger partial charge in [-0.3, -0.25) is 9.69 Å². The van der Waals surface area contributed by atoms with Gasteiger partial charge in [0.2, 0.25) is 15.9 Å². The van der Waals surface area contributed by atoms with Crippen LogP contribution in [0, 0.1) is 20.8 Å². The molecule has 2 aromatic carbocycles. The third kappa shape index (κ3) is 6.57. The molecule has 238 valence electrons. The van der Waals surface area contributed by atoms with Crippen molar-refractivity contribution in [2.24, 2.45) is 0 Å². The first-order valence-corrected chi connectivity index (χ1v) is 16.6. The Morgan fingerprint density at radius 3 is 2.43 bits per heavy atom. The average molecular weight is 625 g/mol. The first-order valence-electron chi connectivity index (χ1n) is 15.1. The second-order valence-corrected chi connectivity index (χ2v) is 13.6. The predicted octanol–water partition coefficient (Wildman–Crippen LogP) is 3.52. The summed E-state index contributed by atoms with van der Waals surface area (Å²) in [5, 5.41) is 0. The first kappa shape index (κ1) is 32.2. The molecule has 2 aliphatic rings. The van der Waals surface area contributed by atoms with Crippen LogP contribution >= 0.6 is 0 Å². The van der Waals surface area contributed by atoms with Gasteiger partial charge in [-0.05, 0) is 61.2 Å². The zero-order valence-electron chi connectivity index (χ0n) is 26.4. The standard InChI is InChI=1S/C33H44N4O6S/c1-24-21-30(25(2)26(3)33(24)41-5)44(39,40)34(4)15-18-43-23-31(38)37-14-13-36-28(22-35-16-19-42-20-17-35)11-12-29(36)32(37)27-9-7-6-8-10-27/h6-12,21,32H,13-20,22-23H2,1-5H3. The number of methoxy groups -OCH3 is 1. The molecule has 1 amide bonds. The fourth-order valence-corrected chi connectivity index (χ4v) is 7.76. The number of morpholine rings is 1. The highest BCUT2D eigenvalue weighted by Gasteiger charge is 2.34. The average Bonchev–Trinajstić information content (AvgIpc) is 3.43. The van der Waals surface area contributed by atoms with Crippen molar-refractivity contribution < 1.29 is 27.4 Å². The molecule has 2 aliphatic heterocycles. The number of fused-ring (bicyclic) bond motifs is 1. The molecule has 0 aliphatic carbocycles. The van der Waals surface area contributed by atoms with Gasteiger partial charge in [0.1, 0.15) is 12.4 Å². The summed E-state index contributed by atoms with van der Waals surface area (Å²) in [4.78, 5) is 18.1. The second kappa shape index (κ2) is 13.8. The van der Waals surface area contributed by atoms with Crippen LogP contribution in [-0.4, -0.2) is 99.8 Å². The van der Waals surface area contributed by atoms with Crippen LogP contribution in [0.15, 0.2) is 53.4 Å². The highest BCUT2D eigenvalue weighted by Crippen LogP contribution is 2.35. The van der Waals surface area contributed by atoms with Gasteiger partial charge >= 0.3 is 0 Å². The molecule has 0 saturated carbocycles. The van der Waals surface area contributed by atoms with Crippen LogP contribution < -0.4 is 4.74 Å². The molecule has 0 spiro atoms. The Morgan fingerprint density at radius 2 is 1.73 bits per heavy atom. The Kier molecular flexibility index (Phi) is 10.1. The van der Waals surface area contributed by atoms with Crippen molar-refractivity contribution in [1.82, 2.24) is 18.7 Å². The number of sulfonamides is 1. The Labute approximate surface area is 261 Å². The second-order valence-electron chi connectivity index (χ2n) is 11.5. The molecule has 1 atom stereocenters. The zero-order valence-corrected chi connectivity index (χ0v) is 27.2. The highest BCUT2D eigenvalue weighted by molar-refractivity contribution is 7.89. The van der Waals surface area contributed by atoms with E-state index in [1.165, 1.54) is 17.0 Å². The maximum atomic E-state index is 13.6. The molecular formula is C33H44N4O6S. The molecule has 3 aromatic rings. The van der Waals surface area contributed by atoms with E-state index in [1.807, 2.05) is 36.9 Å². The van der Waals surface area contributed by atoms with E-state index < -0.39 is 10.0 Å². The van der Waals surface area contributed by atoms with Crippen molar-refractivity contribution in [2.45, 2.75) is 44.8 Å². The van der Waals surface area contributed by atoms with Gasteiger partial charge in [0.05, 0.1) is 37.9 Å². The van der Waals surface area contributed by atoms with Gasteiger partial charge in [0.25, 0.3) is 0 Å². The number of aryl methyl sites for hydroxylation is 1. The summed E-state index contributed by atoms with van der Waals surface area (Å²) in [6, 6.07) is 15.8. The topological polar surface area (TPSA) is 93.5 Å². The molecule has 44 heavy (non-hydrogen) atoms. The van der Waals surface area contributed by atoms with Crippen molar-refractivity contribution in [2.75, 3.05) is 66.8 Å². The third-order valence-corrected chi connectivity index (χ3v) is 10.8. The Bertz CT molecular complexity index is 1570. The lowest BCUT2D eigenvalue weighted by Crippen LogP contribution is -2.45. The van der Waals surface area contributed by atoms with Gasteiger partial charge in [-0.1, -0.05) is 30.3 Å². The van der Waals surface area contributed by atoms with Gasteiger partial charge < -0.3 is 23.7 Å². The maximum Gasteiger partial charge on any atom is 0.249 e. The van der Waals surface area contributed by atoms with Crippen LogP contribution in [-0.2, 0) is 37.4 Å². The third-order valence-electron chi connectivity index (χ3n) is 8.83. The molecular weight excluding hydrogens is 580 g/mol. The summed E-state index contributed by atoms with van der Waals surface area (Å²) >= 11 is 0. The van der Waals surface area contributed by atoms with E-state index in [0.29, 0.717) is 24.4 Å². The van der Waals surface area contributed by atoms with Crippen molar-refractivity contribution in [1.29, 1.82) is 0 Å². The molecule has 11 heteroatoms. The van der Waals surface area contributed by atoms with Gasteiger partial charge in [-0.2, -0.15) is 4.31 Å². The van der Waals surface area contributed by atoms with Crippen LogP contribution in [0.5, 0.6) is 5.75 Å².